The second kappa shape index (κ2) is 9.43. The third-order valence-corrected chi connectivity index (χ3v) is 5.59. The van der Waals surface area contributed by atoms with Gasteiger partial charge in [0.25, 0.3) is 0 Å². The molecule has 1 amide bonds. The topological polar surface area (TPSA) is 96.5 Å². The molecule has 7 nitrogen and oxygen atoms in total. The van der Waals surface area contributed by atoms with E-state index in [1.54, 1.807) is 0 Å². The van der Waals surface area contributed by atoms with Crippen molar-refractivity contribution >= 4 is 22.4 Å². The van der Waals surface area contributed by atoms with Crippen LogP contribution in [0.25, 0.3) is 0 Å². The number of hydrogen-bond donors (Lipinski definition) is 1. The van der Waals surface area contributed by atoms with Gasteiger partial charge in [0.15, 0.2) is 0 Å². The third kappa shape index (κ3) is 4.88. The summed E-state index contributed by atoms with van der Waals surface area (Å²) in [5.74, 6) is 0.337. The molecule has 26 heavy (non-hydrogen) atoms. The second-order valence-corrected chi connectivity index (χ2v) is 7.30. The molecule has 1 N–H and O–H groups in total. The maximum absolute atomic E-state index is 12.3. The molecule has 0 spiro atoms. The third-order valence-electron chi connectivity index (χ3n) is 4.59. The molecular formula is C18H26N6OS. The highest BCUT2D eigenvalue weighted by Gasteiger charge is 2.16. The maximum Gasteiger partial charge on any atom is 0.226 e. The van der Waals surface area contributed by atoms with Gasteiger partial charge in [-0.15, -0.1) is 10.2 Å². The van der Waals surface area contributed by atoms with Crippen LogP contribution in [0, 0.1) is 25.2 Å². The van der Waals surface area contributed by atoms with Crippen LogP contribution in [0.3, 0.4) is 0 Å². The van der Waals surface area contributed by atoms with E-state index in [1.807, 2.05) is 18.5 Å². The molecule has 0 radical (unpaired) electrons. The quantitative estimate of drug-likeness (QED) is 0.721. The predicted octanol–water partition coefficient (Wildman–Crippen LogP) is 3.74. The van der Waals surface area contributed by atoms with Crippen LogP contribution in [0.15, 0.2) is 0 Å². The van der Waals surface area contributed by atoms with Gasteiger partial charge in [-0.2, -0.15) is 10.4 Å². The van der Waals surface area contributed by atoms with Gasteiger partial charge in [0.2, 0.25) is 11.0 Å². The number of aromatic nitrogens is 4. The summed E-state index contributed by atoms with van der Waals surface area (Å²) in [5, 5.41) is 25.9. The molecule has 0 aliphatic carbocycles. The highest BCUT2D eigenvalue weighted by molar-refractivity contribution is 7.15. The lowest BCUT2D eigenvalue weighted by Gasteiger charge is -2.06. The van der Waals surface area contributed by atoms with Crippen molar-refractivity contribution < 1.29 is 4.79 Å². The summed E-state index contributed by atoms with van der Waals surface area (Å²) in [6, 6.07) is 2.13. The minimum absolute atomic E-state index is 0.0687. The fourth-order valence-electron chi connectivity index (χ4n) is 2.98. The molecule has 0 aromatic carbocycles. The average molecular weight is 375 g/mol. The Morgan fingerprint density at radius 1 is 1.31 bits per heavy atom. The lowest BCUT2D eigenvalue weighted by molar-refractivity contribution is -0.116. The first-order chi connectivity index (χ1) is 12.5. The Hall–Kier alpha value is -2.27. The molecule has 0 saturated heterocycles. The molecular weight excluding hydrogens is 348 g/mol. The molecule has 8 heteroatoms. The lowest BCUT2D eigenvalue weighted by atomic mass is 10.1. The fourth-order valence-corrected chi connectivity index (χ4v) is 4.00. The van der Waals surface area contributed by atoms with E-state index >= 15 is 0 Å². The van der Waals surface area contributed by atoms with Crippen LogP contribution < -0.4 is 5.32 Å². The molecule has 0 aliphatic heterocycles. The zero-order chi connectivity index (χ0) is 19.1. The number of rotatable bonds is 9. The predicted molar refractivity (Wildman–Crippen MR) is 102 cm³/mol. The number of nitrogens with one attached hydrogen (secondary N) is 1. The van der Waals surface area contributed by atoms with Crippen molar-refractivity contribution in [2.75, 3.05) is 5.32 Å². The smallest absolute Gasteiger partial charge is 0.226 e. The Balaban J connectivity index is 1.93. The van der Waals surface area contributed by atoms with Gasteiger partial charge in [-0.25, -0.2) is 0 Å². The molecule has 2 rings (SSSR count). The van der Waals surface area contributed by atoms with Crippen LogP contribution in [-0.2, 0) is 17.8 Å². The van der Waals surface area contributed by atoms with Gasteiger partial charge in [0.05, 0.1) is 24.7 Å². The van der Waals surface area contributed by atoms with Crippen molar-refractivity contribution in [2.45, 2.75) is 72.3 Å². The van der Waals surface area contributed by atoms with Crippen LogP contribution in [-0.4, -0.2) is 25.9 Å². The summed E-state index contributed by atoms with van der Waals surface area (Å²) in [5.41, 5.74) is 3.02. The van der Waals surface area contributed by atoms with Crippen molar-refractivity contribution in [3.05, 3.63) is 22.0 Å². The summed E-state index contributed by atoms with van der Waals surface area (Å²) in [4.78, 5) is 12.3. The first kappa shape index (κ1) is 20.0. The number of nitrogens with zero attached hydrogens (tertiary/aromatic N) is 5. The molecule has 0 aliphatic rings. The standard InChI is InChI=1S/C18H26N6OS/c1-5-14(6-2)17-21-22-18(26-17)20-16(25)9-8-15-12(3)23-24(13(15)4)11-7-10-19/h14H,5-9,11H2,1-4H3,(H,20,22,25). The van der Waals surface area contributed by atoms with Gasteiger partial charge in [-0.3, -0.25) is 9.48 Å². The Labute approximate surface area is 158 Å². The molecule has 0 unspecified atom stereocenters. The van der Waals surface area contributed by atoms with Gasteiger partial charge in [0.1, 0.15) is 5.01 Å². The number of aryl methyl sites for hydroxylation is 2. The van der Waals surface area contributed by atoms with Crippen LogP contribution in [0.1, 0.15) is 67.4 Å². The summed E-state index contributed by atoms with van der Waals surface area (Å²) in [7, 11) is 0. The van der Waals surface area contributed by atoms with Crippen molar-refractivity contribution in [3.8, 4) is 6.07 Å². The van der Waals surface area contributed by atoms with Gasteiger partial charge in [-0.05, 0) is 38.7 Å². The Morgan fingerprint density at radius 3 is 2.69 bits per heavy atom. The number of carbonyl (C=O) groups is 1. The van der Waals surface area contributed by atoms with Crippen molar-refractivity contribution in [1.29, 1.82) is 5.26 Å². The SMILES string of the molecule is CCC(CC)c1nnc(NC(=O)CCc2c(C)nn(CCC#N)c2C)s1. The van der Waals surface area contributed by atoms with Crippen LogP contribution in [0.4, 0.5) is 5.13 Å². The number of nitriles is 1. The molecule has 2 aromatic rings. The minimum Gasteiger partial charge on any atom is -0.301 e. The van der Waals surface area contributed by atoms with Crippen LogP contribution in [0.5, 0.6) is 0 Å². The second-order valence-electron chi connectivity index (χ2n) is 6.29. The highest BCUT2D eigenvalue weighted by atomic mass is 32.1. The molecule has 140 valence electrons. The van der Waals surface area contributed by atoms with E-state index in [0.29, 0.717) is 36.9 Å². The molecule has 0 atom stereocenters. The van der Waals surface area contributed by atoms with Crippen molar-refractivity contribution in [3.63, 3.8) is 0 Å². The fraction of sp³-hybridized carbons (Fsp3) is 0.611. The Morgan fingerprint density at radius 2 is 2.04 bits per heavy atom. The number of amides is 1. The maximum atomic E-state index is 12.3. The minimum atomic E-state index is -0.0687. The summed E-state index contributed by atoms with van der Waals surface area (Å²) >= 11 is 1.46. The first-order valence-electron chi connectivity index (χ1n) is 9.03. The Bertz CT molecular complexity index is 784. The molecule has 0 saturated carbocycles. The van der Waals surface area contributed by atoms with E-state index in [4.69, 9.17) is 5.26 Å². The largest absolute Gasteiger partial charge is 0.301 e. The number of carbonyl (C=O) groups excluding carboxylic acids is 1. The van der Waals surface area contributed by atoms with E-state index < -0.39 is 0 Å². The zero-order valence-electron chi connectivity index (χ0n) is 15.9. The van der Waals surface area contributed by atoms with E-state index in [1.165, 1.54) is 11.3 Å². The van der Waals surface area contributed by atoms with Crippen molar-refractivity contribution in [1.82, 2.24) is 20.0 Å². The molecule has 2 heterocycles. The van der Waals surface area contributed by atoms with Crippen molar-refractivity contribution in [2.24, 2.45) is 0 Å². The summed E-state index contributed by atoms with van der Waals surface area (Å²) in [6.45, 7) is 8.77. The van der Waals surface area contributed by atoms with Gasteiger partial charge < -0.3 is 5.32 Å². The normalized spacial score (nSPS) is 10.9. The van der Waals surface area contributed by atoms with E-state index in [-0.39, 0.29) is 5.91 Å². The highest BCUT2D eigenvalue weighted by Crippen LogP contribution is 2.28. The average Bonchev–Trinajstić information content (AvgIpc) is 3.17. The van der Waals surface area contributed by atoms with E-state index in [2.05, 4.69) is 40.5 Å². The molecule has 0 bridgehead atoms. The van der Waals surface area contributed by atoms with Crippen LogP contribution in [0.2, 0.25) is 0 Å². The number of hydrogen-bond acceptors (Lipinski definition) is 6. The summed E-state index contributed by atoms with van der Waals surface area (Å²) < 4.78 is 1.85. The van der Waals surface area contributed by atoms with E-state index in [9.17, 15) is 4.79 Å². The van der Waals surface area contributed by atoms with Crippen LogP contribution >= 0.6 is 11.3 Å². The lowest BCUT2D eigenvalue weighted by Crippen LogP contribution is -2.12. The Kier molecular flexibility index (Phi) is 7.27. The van der Waals surface area contributed by atoms with Gasteiger partial charge in [0, 0.05) is 18.0 Å². The molecule has 2 aromatic heterocycles. The van der Waals surface area contributed by atoms with Gasteiger partial charge in [-0.1, -0.05) is 25.2 Å². The molecule has 0 fully saturated rings. The van der Waals surface area contributed by atoms with E-state index in [0.717, 1.165) is 34.8 Å². The monoisotopic (exact) mass is 374 g/mol. The summed E-state index contributed by atoms with van der Waals surface area (Å²) in [6.07, 6.45) is 3.46. The zero-order valence-corrected chi connectivity index (χ0v) is 16.7. The first-order valence-corrected chi connectivity index (χ1v) is 9.84. The number of anilines is 1. The van der Waals surface area contributed by atoms with Gasteiger partial charge >= 0.3 is 0 Å².